The minimum Gasteiger partial charge on any atom is -0.318 e. The highest BCUT2D eigenvalue weighted by atomic mass is 32.2. The Balaban J connectivity index is 1.62. The highest BCUT2D eigenvalue weighted by Gasteiger charge is 2.32. The number of nitrogens with zero attached hydrogens (tertiary/aromatic N) is 2. The van der Waals surface area contributed by atoms with Gasteiger partial charge >= 0.3 is 12.1 Å². The summed E-state index contributed by atoms with van der Waals surface area (Å²) in [5.41, 5.74) is 2.02. The molecular formula is C29H25F3N2O4S. The van der Waals surface area contributed by atoms with Crippen LogP contribution in [0.5, 0.6) is 0 Å². The molecule has 1 aliphatic rings. The van der Waals surface area contributed by atoms with Gasteiger partial charge in [0.05, 0.1) is 28.1 Å². The van der Waals surface area contributed by atoms with Crippen molar-refractivity contribution < 1.29 is 31.2 Å². The third-order valence-electron chi connectivity index (χ3n) is 6.64. The van der Waals surface area contributed by atoms with Gasteiger partial charge < -0.3 is 4.84 Å². The molecule has 2 heterocycles. The van der Waals surface area contributed by atoms with Crippen LogP contribution < -0.4 is 0 Å². The van der Waals surface area contributed by atoms with Crippen LogP contribution in [0.15, 0.2) is 82.8 Å². The summed E-state index contributed by atoms with van der Waals surface area (Å²) < 4.78 is 69.5. The second-order valence-corrected chi connectivity index (χ2v) is 12.3. The number of fused-ring (bicyclic) bond motifs is 1. The minimum absolute atomic E-state index is 0.0489. The van der Waals surface area contributed by atoms with Gasteiger partial charge in [0.2, 0.25) is 0 Å². The van der Waals surface area contributed by atoms with E-state index in [1.165, 1.54) is 18.2 Å². The smallest absolute Gasteiger partial charge is 0.318 e. The number of alkyl halides is 3. The Morgan fingerprint density at radius 3 is 2.26 bits per heavy atom. The number of carbonyl (C=O) groups excluding carboxylic acids is 1. The molecule has 0 unspecified atom stereocenters. The average Bonchev–Trinajstić information content (AvgIpc) is 3.46. The van der Waals surface area contributed by atoms with E-state index in [1.807, 2.05) is 26.8 Å². The highest BCUT2D eigenvalue weighted by Crippen LogP contribution is 2.35. The number of aromatic nitrogens is 1. The van der Waals surface area contributed by atoms with E-state index in [-0.39, 0.29) is 34.1 Å². The van der Waals surface area contributed by atoms with Crippen LogP contribution >= 0.6 is 0 Å². The zero-order valence-corrected chi connectivity index (χ0v) is 22.2. The van der Waals surface area contributed by atoms with Crippen molar-refractivity contribution in [2.24, 2.45) is 5.16 Å². The topological polar surface area (TPSA) is 77.7 Å². The van der Waals surface area contributed by atoms with Crippen molar-refractivity contribution in [2.45, 2.75) is 50.1 Å². The Morgan fingerprint density at radius 2 is 1.64 bits per heavy atom. The third kappa shape index (κ3) is 5.21. The molecule has 0 bridgehead atoms. The number of rotatable bonds is 5. The van der Waals surface area contributed by atoms with Crippen LogP contribution in [0.2, 0.25) is 0 Å². The molecule has 4 aromatic rings. The first kappa shape index (κ1) is 26.7. The van der Waals surface area contributed by atoms with Gasteiger partial charge in [-0.15, -0.1) is 0 Å². The summed E-state index contributed by atoms with van der Waals surface area (Å²) in [5.74, 6) is -0.447. The van der Waals surface area contributed by atoms with E-state index in [0.717, 1.165) is 27.2 Å². The normalized spacial score (nSPS) is 14.5. The summed E-state index contributed by atoms with van der Waals surface area (Å²) in [5, 5.41) is 3.92. The molecule has 0 fully saturated rings. The first-order chi connectivity index (χ1) is 18.2. The van der Waals surface area contributed by atoms with E-state index < -0.39 is 27.7 Å². The predicted molar refractivity (Wildman–Crippen MR) is 141 cm³/mol. The Kier molecular flexibility index (Phi) is 6.41. The molecule has 0 aliphatic carbocycles. The lowest BCUT2D eigenvalue weighted by molar-refractivity contribution is -0.140. The number of halogens is 3. The molecule has 0 radical (unpaired) electrons. The molecule has 0 saturated carbocycles. The molecule has 0 saturated heterocycles. The van der Waals surface area contributed by atoms with Gasteiger partial charge in [0.15, 0.2) is 0 Å². The number of carbonyl (C=O) groups is 1. The number of oxime groups is 1. The molecule has 5 rings (SSSR count). The van der Waals surface area contributed by atoms with E-state index in [2.05, 4.69) is 9.99 Å². The second kappa shape index (κ2) is 9.37. The maximum Gasteiger partial charge on any atom is 0.416 e. The zero-order valence-electron chi connectivity index (χ0n) is 21.4. The van der Waals surface area contributed by atoms with E-state index in [9.17, 15) is 26.4 Å². The van der Waals surface area contributed by atoms with Crippen LogP contribution in [-0.4, -0.2) is 24.1 Å². The van der Waals surface area contributed by atoms with Crippen molar-refractivity contribution in [3.8, 4) is 0 Å². The summed E-state index contributed by atoms with van der Waals surface area (Å²) in [6, 6.07) is 18.2. The van der Waals surface area contributed by atoms with Crippen LogP contribution in [0.1, 0.15) is 55.1 Å². The SMILES string of the molecule is CC(C)(C)c1cccc(S(=O)(=O)n2c(Cc3ccc(C4=NOC(=O)C4)cc3)cc3cc(C(F)(F)F)ccc32)c1. The molecule has 0 spiro atoms. The zero-order chi connectivity index (χ0) is 28.2. The van der Waals surface area contributed by atoms with Gasteiger partial charge in [-0.05, 0) is 58.5 Å². The molecule has 3 aromatic carbocycles. The van der Waals surface area contributed by atoms with Crippen molar-refractivity contribution in [3.05, 3.63) is 101 Å². The number of hydrogen-bond donors (Lipinski definition) is 0. The summed E-state index contributed by atoms with van der Waals surface area (Å²) >= 11 is 0. The van der Waals surface area contributed by atoms with Crippen LogP contribution in [0.25, 0.3) is 10.9 Å². The first-order valence-electron chi connectivity index (χ1n) is 12.2. The van der Waals surface area contributed by atoms with E-state index in [1.54, 1.807) is 36.4 Å². The molecule has 10 heteroatoms. The Morgan fingerprint density at radius 1 is 0.923 bits per heavy atom. The van der Waals surface area contributed by atoms with E-state index >= 15 is 0 Å². The van der Waals surface area contributed by atoms with Gasteiger partial charge in [-0.25, -0.2) is 17.2 Å². The Labute approximate surface area is 223 Å². The molecule has 0 atom stereocenters. The van der Waals surface area contributed by atoms with Gasteiger partial charge in [-0.3, -0.25) is 0 Å². The monoisotopic (exact) mass is 554 g/mol. The third-order valence-corrected chi connectivity index (χ3v) is 8.40. The molecule has 6 nitrogen and oxygen atoms in total. The minimum atomic E-state index is -4.57. The highest BCUT2D eigenvalue weighted by molar-refractivity contribution is 7.90. The summed E-state index contributed by atoms with van der Waals surface area (Å²) in [4.78, 5) is 16.0. The standard InChI is InChI=1S/C29H25F3N2O4S/c1-28(2,3)21-5-4-6-24(16-21)39(36,37)34-23(15-20-14-22(29(30,31)32)11-12-26(20)34)13-18-7-9-19(10-8-18)25-17-27(35)38-33-25/h4-12,14-16H,13,17H2,1-3H3. The molecule has 1 aliphatic heterocycles. The van der Waals surface area contributed by atoms with Crippen LogP contribution in [0.4, 0.5) is 13.2 Å². The van der Waals surface area contributed by atoms with Crippen molar-refractivity contribution in [3.63, 3.8) is 0 Å². The van der Waals surface area contributed by atoms with Crippen molar-refractivity contribution in [2.75, 3.05) is 0 Å². The summed E-state index contributed by atoms with van der Waals surface area (Å²) in [6.07, 6.45) is -4.38. The summed E-state index contributed by atoms with van der Waals surface area (Å²) in [6.45, 7) is 5.91. The van der Waals surface area contributed by atoms with Crippen molar-refractivity contribution >= 4 is 32.6 Å². The lowest BCUT2D eigenvalue weighted by Gasteiger charge is -2.20. The fraction of sp³-hybridized carbons (Fsp3) is 0.241. The maximum absolute atomic E-state index is 14.0. The molecule has 202 valence electrons. The van der Waals surface area contributed by atoms with Crippen LogP contribution in [0.3, 0.4) is 0 Å². The van der Waals surface area contributed by atoms with Crippen molar-refractivity contribution in [1.29, 1.82) is 0 Å². The molecular weight excluding hydrogens is 529 g/mol. The fourth-order valence-corrected chi connectivity index (χ4v) is 6.13. The Hall–Kier alpha value is -3.92. The summed E-state index contributed by atoms with van der Waals surface area (Å²) in [7, 11) is -4.17. The predicted octanol–water partition coefficient (Wildman–Crippen LogP) is 6.44. The van der Waals surface area contributed by atoms with Gasteiger partial charge in [0.1, 0.15) is 0 Å². The maximum atomic E-state index is 14.0. The second-order valence-electron chi connectivity index (χ2n) is 10.5. The first-order valence-corrected chi connectivity index (χ1v) is 13.6. The Bertz CT molecular complexity index is 1730. The van der Waals surface area contributed by atoms with Crippen LogP contribution in [0, 0.1) is 0 Å². The lowest BCUT2D eigenvalue weighted by Crippen LogP contribution is -2.18. The quantitative estimate of drug-likeness (QED) is 0.266. The molecule has 0 N–H and O–H groups in total. The molecule has 0 amide bonds. The number of benzene rings is 3. The van der Waals surface area contributed by atoms with Gasteiger partial charge in [-0.1, -0.05) is 62.3 Å². The van der Waals surface area contributed by atoms with Gasteiger partial charge in [-0.2, -0.15) is 13.2 Å². The van der Waals surface area contributed by atoms with Crippen LogP contribution in [-0.2, 0) is 37.7 Å². The lowest BCUT2D eigenvalue weighted by atomic mass is 9.87. The average molecular weight is 555 g/mol. The van der Waals surface area contributed by atoms with Gasteiger partial charge in [0.25, 0.3) is 10.0 Å². The van der Waals surface area contributed by atoms with Crippen molar-refractivity contribution in [1.82, 2.24) is 3.97 Å². The van der Waals surface area contributed by atoms with Gasteiger partial charge in [0, 0.05) is 17.5 Å². The van der Waals surface area contributed by atoms with E-state index in [4.69, 9.17) is 0 Å². The largest absolute Gasteiger partial charge is 0.416 e. The van der Waals surface area contributed by atoms with E-state index in [0.29, 0.717) is 17.0 Å². The number of hydrogen-bond acceptors (Lipinski definition) is 5. The molecule has 39 heavy (non-hydrogen) atoms. The fourth-order valence-electron chi connectivity index (χ4n) is 4.55. The molecule has 1 aromatic heterocycles.